The van der Waals surface area contributed by atoms with Gasteiger partial charge in [0.05, 0.1) is 23.3 Å². The fraction of sp³-hybridized carbons (Fsp3) is 0.529. The first-order valence-electron chi connectivity index (χ1n) is 7.66. The maximum atomic E-state index is 12.4. The topological polar surface area (TPSA) is 72.8 Å². The Hall–Kier alpha value is -1.88. The fourth-order valence-corrected chi connectivity index (χ4v) is 3.65. The molecule has 1 aromatic carbocycles. The molecule has 5 heteroatoms. The van der Waals surface area contributed by atoms with Crippen molar-refractivity contribution in [2.45, 2.75) is 45.0 Å². The molecule has 2 aliphatic rings. The molecule has 2 saturated heterocycles. The number of carboxylic acid groups (broad SMARTS) is 1. The number of carbonyl (C=O) groups is 2. The van der Waals surface area contributed by atoms with Crippen LogP contribution in [0.3, 0.4) is 0 Å². The molecule has 5 atom stereocenters. The lowest BCUT2D eigenvalue weighted by Crippen LogP contribution is -2.40. The van der Waals surface area contributed by atoms with Crippen molar-refractivity contribution in [3.63, 3.8) is 0 Å². The summed E-state index contributed by atoms with van der Waals surface area (Å²) in [6.07, 6.45) is 1.52. The van der Waals surface area contributed by atoms with Crippen molar-refractivity contribution >= 4 is 11.9 Å². The van der Waals surface area contributed by atoms with Gasteiger partial charge in [0.15, 0.2) is 0 Å². The monoisotopic (exact) mass is 304 g/mol. The number of ether oxygens (including phenoxy) is 2. The van der Waals surface area contributed by atoms with Gasteiger partial charge in [0, 0.05) is 0 Å². The van der Waals surface area contributed by atoms with Gasteiger partial charge in [-0.2, -0.15) is 0 Å². The smallest absolute Gasteiger partial charge is 0.339 e. The van der Waals surface area contributed by atoms with Crippen LogP contribution in [-0.2, 0) is 9.47 Å². The minimum absolute atomic E-state index is 0.0325. The third kappa shape index (κ3) is 2.61. The minimum atomic E-state index is -1.13. The lowest BCUT2D eigenvalue weighted by atomic mass is 9.92. The van der Waals surface area contributed by atoms with E-state index in [0.717, 1.165) is 12.8 Å². The summed E-state index contributed by atoms with van der Waals surface area (Å²) in [5, 5.41) is 9.17. The van der Waals surface area contributed by atoms with Crippen LogP contribution in [0.1, 0.15) is 47.4 Å². The van der Waals surface area contributed by atoms with Crippen LogP contribution in [0.15, 0.2) is 24.3 Å². The Kier molecular flexibility index (Phi) is 3.91. The minimum Gasteiger partial charge on any atom is -0.478 e. The third-order valence-electron chi connectivity index (χ3n) is 4.71. The maximum absolute atomic E-state index is 12.4. The number of carboxylic acids is 1. The fourth-order valence-electron chi connectivity index (χ4n) is 3.65. The first-order valence-corrected chi connectivity index (χ1v) is 7.66. The predicted octanol–water partition coefficient (Wildman–Crippen LogP) is 2.74. The lowest BCUT2D eigenvalue weighted by molar-refractivity contribution is -0.110. The van der Waals surface area contributed by atoms with E-state index >= 15 is 0 Å². The molecule has 2 heterocycles. The molecule has 1 N–H and O–H groups in total. The number of rotatable bonds is 3. The molecule has 2 fully saturated rings. The Morgan fingerprint density at radius 3 is 2.45 bits per heavy atom. The molecule has 0 radical (unpaired) electrons. The van der Waals surface area contributed by atoms with E-state index in [2.05, 4.69) is 13.8 Å². The van der Waals surface area contributed by atoms with Crippen molar-refractivity contribution < 1.29 is 24.2 Å². The highest BCUT2D eigenvalue weighted by Gasteiger charge is 2.46. The average Bonchev–Trinajstić information content (AvgIpc) is 2.83. The highest BCUT2D eigenvalue weighted by Crippen LogP contribution is 2.41. The van der Waals surface area contributed by atoms with Crippen LogP contribution in [0.25, 0.3) is 0 Å². The Balaban J connectivity index is 1.76. The number of hydrogen-bond acceptors (Lipinski definition) is 4. The molecule has 0 spiro atoms. The molecule has 3 rings (SSSR count). The van der Waals surface area contributed by atoms with Crippen LogP contribution < -0.4 is 0 Å². The molecule has 2 aliphatic heterocycles. The van der Waals surface area contributed by atoms with Gasteiger partial charge in [0.25, 0.3) is 0 Å². The zero-order chi connectivity index (χ0) is 15.9. The molecule has 0 amide bonds. The Morgan fingerprint density at radius 2 is 1.77 bits per heavy atom. The molecule has 0 aliphatic carbocycles. The van der Waals surface area contributed by atoms with E-state index < -0.39 is 11.9 Å². The number of fused-ring (bicyclic) bond motifs is 2. The maximum Gasteiger partial charge on any atom is 0.339 e. The number of benzene rings is 1. The van der Waals surface area contributed by atoms with Crippen LogP contribution in [0, 0.1) is 11.8 Å². The van der Waals surface area contributed by atoms with Crippen LogP contribution in [0.2, 0.25) is 0 Å². The molecular weight excluding hydrogens is 284 g/mol. The first-order chi connectivity index (χ1) is 10.5. The van der Waals surface area contributed by atoms with Crippen LogP contribution >= 0.6 is 0 Å². The van der Waals surface area contributed by atoms with Crippen molar-refractivity contribution in [1.29, 1.82) is 0 Å². The molecule has 0 unspecified atom stereocenters. The molecule has 2 bridgehead atoms. The summed E-state index contributed by atoms with van der Waals surface area (Å²) in [7, 11) is 0. The van der Waals surface area contributed by atoms with Crippen molar-refractivity contribution in [1.82, 2.24) is 0 Å². The summed E-state index contributed by atoms with van der Waals surface area (Å²) in [4.78, 5) is 23.6. The van der Waals surface area contributed by atoms with Crippen molar-refractivity contribution in [2.75, 3.05) is 0 Å². The van der Waals surface area contributed by atoms with Crippen molar-refractivity contribution in [3.05, 3.63) is 35.4 Å². The summed E-state index contributed by atoms with van der Waals surface area (Å²) in [5.41, 5.74) is 0.0609. The molecular formula is C17H20O5. The van der Waals surface area contributed by atoms with E-state index in [0.29, 0.717) is 11.8 Å². The molecule has 0 saturated carbocycles. The third-order valence-corrected chi connectivity index (χ3v) is 4.71. The summed E-state index contributed by atoms with van der Waals surface area (Å²) in [5.74, 6) is -0.913. The zero-order valence-corrected chi connectivity index (χ0v) is 12.7. The van der Waals surface area contributed by atoms with Gasteiger partial charge in [0.1, 0.15) is 6.10 Å². The number of hydrogen-bond donors (Lipinski definition) is 1. The summed E-state index contributed by atoms with van der Waals surface area (Å²) < 4.78 is 11.5. The van der Waals surface area contributed by atoms with Gasteiger partial charge in [-0.3, -0.25) is 0 Å². The summed E-state index contributed by atoms with van der Waals surface area (Å²) in [6, 6.07) is 6.12. The van der Waals surface area contributed by atoms with Crippen LogP contribution in [0.5, 0.6) is 0 Å². The standard InChI is InChI=1S/C17H20O5/c1-9-7-13-14(8-10(2)15(9)21-13)22-17(20)12-6-4-3-5-11(12)16(18)19/h3-6,9-10,13-15H,7-8H2,1-2H3,(H,18,19)/t9-,10+,13+,14+,15-/m1/s1. The number of carbonyl (C=O) groups excluding carboxylic acids is 1. The van der Waals surface area contributed by atoms with E-state index in [1.807, 2.05) is 0 Å². The van der Waals surface area contributed by atoms with E-state index in [9.17, 15) is 9.59 Å². The van der Waals surface area contributed by atoms with Gasteiger partial charge in [0.2, 0.25) is 0 Å². The lowest BCUT2D eigenvalue weighted by Gasteiger charge is -2.33. The largest absolute Gasteiger partial charge is 0.478 e. The van der Waals surface area contributed by atoms with Gasteiger partial charge in [-0.15, -0.1) is 0 Å². The van der Waals surface area contributed by atoms with Gasteiger partial charge < -0.3 is 14.6 Å². The quantitative estimate of drug-likeness (QED) is 0.869. The van der Waals surface area contributed by atoms with Crippen molar-refractivity contribution in [2.24, 2.45) is 11.8 Å². The SMILES string of the molecule is C[C@@H]1C[C@@H]2O[C@H]1[C@@H](C)C[C@@H]2OC(=O)c1ccccc1C(=O)O. The highest BCUT2D eigenvalue weighted by molar-refractivity contribution is 6.02. The predicted molar refractivity (Wildman–Crippen MR) is 78.8 cm³/mol. The average molecular weight is 304 g/mol. The molecule has 0 aromatic heterocycles. The zero-order valence-electron chi connectivity index (χ0n) is 12.7. The number of esters is 1. The Morgan fingerprint density at radius 1 is 1.14 bits per heavy atom. The Bertz CT molecular complexity index is 596. The second-order valence-corrected chi connectivity index (χ2v) is 6.36. The van der Waals surface area contributed by atoms with E-state index in [4.69, 9.17) is 14.6 Å². The normalized spacial score (nSPS) is 33.5. The molecule has 22 heavy (non-hydrogen) atoms. The van der Waals surface area contributed by atoms with Gasteiger partial charge in [-0.05, 0) is 36.8 Å². The molecule has 118 valence electrons. The van der Waals surface area contributed by atoms with E-state index in [1.54, 1.807) is 12.1 Å². The highest BCUT2D eigenvalue weighted by atomic mass is 16.6. The van der Waals surface area contributed by atoms with Gasteiger partial charge in [-0.1, -0.05) is 26.0 Å². The van der Waals surface area contributed by atoms with E-state index in [1.165, 1.54) is 12.1 Å². The van der Waals surface area contributed by atoms with Gasteiger partial charge >= 0.3 is 11.9 Å². The molecule has 5 nitrogen and oxygen atoms in total. The second kappa shape index (κ2) is 5.72. The van der Waals surface area contributed by atoms with Crippen molar-refractivity contribution in [3.8, 4) is 0 Å². The summed E-state index contributed by atoms with van der Waals surface area (Å²) in [6.45, 7) is 4.26. The number of aromatic carboxylic acids is 1. The first kappa shape index (κ1) is 15.0. The molecule has 1 aromatic rings. The van der Waals surface area contributed by atoms with Crippen LogP contribution in [-0.4, -0.2) is 35.4 Å². The van der Waals surface area contributed by atoms with Crippen LogP contribution in [0.4, 0.5) is 0 Å². The van der Waals surface area contributed by atoms with Gasteiger partial charge in [-0.25, -0.2) is 9.59 Å². The Labute approximate surface area is 129 Å². The second-order valence-electron chi connectivity index (χ2n) is 6.36. The summed E-state index contributed by atoms with van der Waals surface area (Å²) >= 11 is 0. The van der Waals surface area contributed by atoms with E-state index in [-0.39, 0.29) is 29.4 Å².